The van der Waals surface area contributed by atoms with Crippen LogP contribution in [0.4, 0.5) is 0 Å². The van der Waals surface area contributed by atoms with Gasteiger partial charge in [0.05, 0.1) is 6.42 Å². The second-order valence-electron chi connectivity index (χ2n) is 7.62. The zero-order chi connectivity index (χ0) is 20.3. The summed E-state index contributed by atoms with van der Waals surface area (Å²) >= 11 is 0. The Morgan fingerprint density at radius 2 is 1.78 bits per heavy atom. The van der Waals surface area contributed by atoms with Crippen molar-refractivity contribution in [2.24, 2.45) is 0 Å². The molecule has 0 amide bonds. The van der Waals surface area contributed by atoms with Crippen LogP contribution in [0.3, 0.4) is 0 Å². The number of hydrogen-bond acceptors (Lipinski definition) is 3. The fourth-order valence-electron chi connectivity index (χ4n) is 2.95. The molecule has 27 heavy (non-hydrogen) atoms. The molecule has 2 atom stereocenters. The third kappa shape index (κ3) is 8.87. The first-order chi connectivity index (χ1) is 12.8. The summed E-state index contributed by atoms with van der Waals surface area (Å²) in [7, 11) is 0. The van der Waals surface area contributed by atoms with Gasteiger partial charge in [-0.2, -0.15) is 0 Å². The summed E-state index contributed by atoms with van der Waals surface area (Å²) in [5.41, 5.74) is 0.759. The van der Waals surface area contributed by atoms with E-state index in [1.807, 2.05) is 65.0 Å². The van der Waals surface area contributed by atoms with Gasteiger partial charge < -0.3 is 4.74 Å². The van der Waals surface area contributed by atoms with Crippen LogP contribution in [0.5, 0.6) is 0 Å². The van der Waals surface area contributed by atoms with E-state index in [4.69, 9.17) is 4.74 Å². The van der Waals surface area contributed by atoms with E-state index in [0.717, 1.165) is 6.54 Å². The van der Waals surface area contributed by atoms with E-state index in [0.29, 0.717) is 6.42 Å². The van der Waals surface area contributed by atoms with Crippen molar-refractivity contribution in [1.82, 2.24) is 4.90 Å². The second kappa shape index (κ2) is 11.6. The zero-order valence-corrected chi connectivity index (χ0v) is 17.7. The minimum Gasteiger partial charge on any atom is -0.460 e. The molecule has 0 spiro atoms. The van der Waals surface area contributed by atoms with Gasteiger partial charge in [0.15, 0.2) is 0 Å². The molecule has 0 bridgehead atoms. The highest BCUT2D eigenvalue weighted by Crippen LogP contribution is 2.25. The number of esters is 1. The van der Waals surface area contributed by atoms with Crippen molar-refractivity contribution in [3.05, 3.63) is 72.4 Å². The molecule has 0 aliphatic rings. The Kier molecular flexibility index (Phi) is 9.81. The number of rotatable bonds is 9. The Labute approximate surface area is 165 Å². The third-order valence-electron chi connectivity index (χ3n) is 4.17. The van der Waals surface area contributed by atoms with Crippen molar-refractivity contribution in [3.63, 3.8) is 0 Å². The number of allylic oxidation sites excluding steroid dienone is 4. The summed E-state index contributed by atoms with van der Waals surface area (Å²) in [5, 5.41) is 0. The predicted octanol–water partition coefficient (Wildman–Crippen LogP) is 5.86. The lowest BCUT2D eigenvalue weighted by molar-refractivity contribution is -0.156. The van der Waals surface area contributed by atoms with E-state index >= 15 is 0 Å². The van der Waals surface area contributed by atoms with E-state index in [-0.39, 0.29) is 18.1 Å². The predicted molar refractivity (Wildman–Crippen MR) is 115 cm³/mol. The fraction of sp³-hybridized carbons (Fsp3) is 0.458. The molecule has 0 aliphatic heterocycles. The van der Waals surface area contributed by atoms with Gasteiger partial charge in [-0.25, -0.2) is 0 Å². The summed E-state index contributed by atoms with van der Waals surface area (Å²) in [5.74, 6) is -0.173. The molecule has 0 radical (unpaired) electrons. The van der Waals surface area contributed by atoms with Crippen LogP contribution in [0.15, 0.2) is 66.8 Å². The molecule has 1 rings (SSSR count). The van der Waals surface area contributed by atoms with Crippen molar-refractivity contribution >= 4 is 5.97 Å². The van der Waals surface area contributed by atoms with Crippen LogP contribution in [-0.4, -0.2) is 29.1 Å². The van der Waals surface area contributed by atoms with E-state index in [1.54, 1.807) is 0 Å². The molecule has 0 saturated heterocycles. The number of benzene rings is 1. The Morgan fingerprint density at radius 3 is 2.33 bits per heavy atom. The Bertz CT molecular complexity index is 638. The first-order valence-electron chi connectivity index (χ1n) is 9.71. The maximum Gasteiger partial charge on any atom is 0.308 e. The van der Waals surface area contributed by atoms with Crippen LogP contribution in [-0.2, 0) is 9.53 Å². The summed E-state index contributed by atoms with van der Waals surface area (Å²) in [6, 6.07) is 10.5. The zero-order valence-electron chi connectivity index (χ0n) is 17.7. The van der Waals surface area contributed by atoms with Gasteiger partial charge in [-0.1, -0.05) is 66.8 Å². The van der Waals surface area contributed by atoms with Gasteiger partial charge in [-0.05, 0) is 47.1 Å². The molecule has 0 aromatic heterocycles. The summed E-state index contributed by atoms with van der Waals surface area (Å²) in [4.78, 5) is 14.8. The Balaban J connectivity index is 3.08. The SMILES string of the molecule is CC=CC=CCN([C@@H](C=CC)CC(=O)OC(C)(C)C)[C@@H](C)c1ccccc1. The first kappa shape index (κ1) is 22.9. The molecule has 3 heteroatoms. The number of hydrogen-bond donors (Lipinski definition) is 0. The van der Waals surface area contributed by atoms with Gasteiger partial charge >= 0.3 is 5.97 Å². The van der Waals surface area contributed by atoms with Gasteiger partial charge in [0, 0.05) is 18.6 Å². The fourth-order valence-corrected chi connectivity index (χ4v) is 2.95. The van der Waals surface area contributed by atoms with Crippen LogP contribution in [0, 0.1) is 0 Å². The molecule has 0 unspecified atom stereocenters. The molecule has 148 valence electrons. The molecule has 1 aromatic carbocycles. The van der Waals surface area contributed by atoms with Crippen LogP contribution in [0.25, 0.3) is 0 Å². The van der Waals surface area contributed by atoms with E-state index in [9.17, 15) is 4.79 Å². The molecule has 1 aromatic rings. The Morgan fingerprint density at radius 1 is 1.11 bits per heavy atom. The molecule has 0 aliphatic carbocycles. The maximum atomic E-state index is 12.5. The normalized spacial score (nSPS) is 15.1. The summed E-state index contributed by atoms with van der Waals surface area (Å²) < 4.78 is 5.56. The quantitative estimate of drug-likeness (QED) is 0.310. The monoisotopic (exact) mass is 369 g/mol. The second-order valence-corrected chi connectivity index (χ2v) is 7.62. The topological polar surface area (TPSA) is 29.5 Å². The van der Waals surface area contributed by atoms with E-state index in [1.165, 1.54) is 5.56 Å². The molecule has 0 saturated carbocycles. The van der Waals surface area contributed by atoms with Crippen LogP contribution < -0.4 is 0 Å². The third-order valence-corrected chi connectivity index (χ3v) is 4.17. The highest BCUT2D eigenvalue weighted by molar-refractivity contribution is 5.71. The van der Waals surface area contributed by atoms with Crippen molar-refractivity contribution < 1.29 is 9.53 Å². The average molecular weight is 370 g/mol. The Hall–Kier alpha value is -2.13. The number of ether oxygens (including phenoxy) is 1. The van der Waals surface area contributed by atoms with Crippen molar-refractivity contribution in [2.45, 2.75) is 65.6 Å². The number of carbonyl (C=O) groups is 1. The summed E-state index contributed by atoms with van der Waals surface area (Å²) in [6.45, 7) is 12.6. The van der Waals surface area contributed by atoms with E-state index < -0.39 is 5.60 Å². The van der Waals surface area contributed by atoms with Gasteiger partial charge in [-0.3, -0.25) is 9.69 Å². The van der Waals surface area contributed by atoms with Crippen LogP contribution in [0.2, 0.25) is 0 Å². The molecule has 3 nitrogen and oxygen atoms in total. The maximum absolute atomic E-state index is 12.5. The van der Waals surface area contributed by atoms with Crippen molar-refractivity contribution in [1.29, 1.82) is 0 Å². The molecular formula is C24H35NO2. The summed E-state index contributed by atoms with van der Waals surface area (Å²) in [6.07, 6.45) is 12.6. The smallest absolute Gasteiger partial charge is 0.308 e. The van der Waals surface area contributed by atoms with Crippen LogP contribution >= 0.6 is 0 Å². The largest absolute Gasteiger partial charge is 0.460 e. The van der Waals surface area contributed by atoms with Gasteiger partial charge in [0.1, 0.15) is 5.60 Å². The highest BCUT2D eigenvalue weighted by Gasteiger charge is 2.26. The molecule has 0 N–H and O–H groups in total. The number of nitrogens with zero attached hydrogens (tertiary/aromatic N) is 1. The van der Waals surface area contributed by atoms with Crippen molar-refractivity contribution in [2.75, 3.05) is 6.54 Å². The number of carbonyl (C=O) groups excluding carboxylic acids is 1. The molecule has 0 fully saturated rings. The average Bonchev–Trinajstić information content (AvgIpc) is 2.60. The van der Waals surface area contributed by atoms with Crippen molar-refractivity contribution in [3.8, 4) is 0 Å². The van der Waals surface area contributed by atoms with Gasteiger partial charge in [-0.15, -0.1) is 0 Å². The minimum atomic E-state index is -0.473. The first-order valence-corrected chi connectivity index (χ1v) is 9.71. The van der Waals surface area contributed by atoms with E-state index in [2.05, 4.69) is 48.2 Å². The lowest BCUT2D eigenvalue weighted by atomic mass is 10.0. The molecular weight excluding hydrogens is 334 g/mol. The standard InChI is InChI=1S/C24H35NO2/c1-7-9-10-14-18-25(20(3)21-16-12-11-13-17-21)22(15-8-2)19-23(26)27-24(4,5)6/h7-17,20,22H,18-19H2,1-6H3/t20-,22-/m0/s1. The molecule has 0 heterocycles. The van der Waals surface area contributed by atoms with Gasteiger partial charge in [0.2, 0.25) is 0 Å². The van der Waals surface area contributed by atoms with Gasteiger partial charge in [0.25, 0.3) is 0 Å². The highest BCUT2D eigenvalue weighted by atomic mass is 16.6. The van der Waals surface area contributed by atoms with Crippen LogP contribution in [0.1, 0.15) is 59.6 Å². The minimum absolute atomic E-state index is 0.0321. The lowest BCUT2D eigenvalue weighted by Crippen LogP contribution is -2.39. The lowest BCUT2D eigenvalue weighted by Gasteiger charge is -2.34.